The van der Waals surface area contributed by atoms with E-state index in [0.717, 1.165) is 5.56 Å². The van der Waals surface area contributed by atoms with Gasteiger partial charge in [0.1, 0.15) is 5.75 Å². The molecule has 0 spiro atoms. The van der Waals surface area contributed by atoms with Crippen LogP contribution in [0.3, 0.4) is 0 Å². The number of hydrogen-bond acceptors (Lipinski definition) is 5. The molecule has 6 heteroatoms. The standard InChI is InChI=1S/C16H18N2O4/c1-3-22-15-7-5-4-6-13(15)14-10-12(11-19)16(20)18(17-14)8-9-21-2/h4-7,10-11H,3,8-9H2,1-2H3. The van der Waals surface area contributed by atoms with Crippen LogP contribution >= 0.6 is 0 Å². The van der Waals surface area contributed by atoms with Gasteiger partial charge in [-0.2, -0.15) is 5.10 Å². The van der Waals surface area contributed by atoms with Crippen molar-refractivity contribution in [2.75, 3.05) is 20.3 Å². The molecule has 0 saturated carbocycles. The Labute approximate surface area is 128 Å². The molecular weight excluding hydrogens is 284 g/mol. The second-order valence-electron chi connectivity index (χ2n) is 4.55. The van der Waals surface area contributed by atoms with Gasteiger partial charge in [-0.3, -0.25) is 9.59 Å². The van der Waals surface area contributed by atoms with Crippen LogP contribution in [0.2, 0.25) is 0 Å². The van der Waals surface area contributed by atoms with E-state index in [1.807, 2.05) is 31.2 Å². The molecule has 0 unspecified atom stereocenters. The molecule has 6 nitrogen and oxygen atoms in total. The molecule has 0 amide bonds. The number of nitrogens with zero attached hydrogens (tertiary/aromatic N) is 2. The normalized spacial score (nSPS) is 10.5. The van der Waals surface area contributed by atoms with E-state index in [1.165, 1.54) is 10.7 Å². The molecule has 2 rings (SSSR count). The molecule has 0 aliphatic carbocycles. The van der Waals surface area contributed by atoms with E-state index < -0.39 is 5.56 Å². The van der Waals surface area contributed by atoms with Crippen LogP contribution < -0.4 is 10.3 Å². The summed E-state index contributed by atoms with van der Waals surface area (Å²) in [5.41, 5.74) is 0.887. The van der Waals surface area contributed by atoms with E-state index in [0.29, 0.717) is 30.9 Å². The predicted molar refractivity (Wildman–Crippen MR) is 82.4 cm³/mol. The molecule has 0 bridgehead atoms. The highest BCUT2D eigenvalue weighted by atomic mass is 16.5. The fourth-order valence-electron chi connectivity index (χ4n) is 2.07. The molecule has 116 valence electrons. The number of hydrogen-bond donors (Lipinski definition) is 0. The first-order valence-electron chi connectivity index (χ1n) is 6.99. The predicted octanol–water partition coefficient (Wildman–Crippen LogP) is 1.77. The maximum absolute atomic E-state index is 12.1. The van der Waals surface area contributed by atoms with Crippen LogP contribution in [-0.2, 0) is 11.3 Å². The van der Waals surface area contributed by atoms with Gasteiger partial charge < -0.3 is 9.47 Å². The zero-order valence-electron chi connectivity index (χ0n) is 12.6. The van der Waals surface area contributed by atoms with E-state index >= 15 is 0 Å². The fraction of sp³-hybridized carbons (Fsp3) is 0.312. The Morgan fingerprint density at radius 2 is 2.09 bits per heavy atom. The molecule has 0 radical (unpaired) electrons. The smallest absolute Gasteiger partial charge is 0.277 e. The van der Waals surface area contributed by atoms with Gasteiger partial charge >= 0.3 is 0 Å². The van der Waals surface area contributed by atoms with Crippen LogP contribution in [0.4, 0.5) is 0 Å². The molecule has 0 aliphatic heterocycles. The van der Waals surface area contributed by atoms with Gasteiger partial charge in [-0.15, -0.1) is 0 Å². The van der Waals surface area contributed by atoms with Crippen molar-refractivity contribution in [1.29, 1.82) is 0 Å². The zero-order chi connectivity index (χ0) is 15.9. The number of para-hydroxylation sites is 1. The summed E-state index contributed by atoms with van der Waals surface area (Å²) in [7, 11) is 1.54. The van der Waals surface area contributed by atoms with Gasteiger partial charge in [0.2, 0.25) is 0 Å². The first kappa shape index (κ1) is 15.9. The minimum absolute atomic E-state index is 0.0624. The Balaban J connectivity index is 2.55. The first-order valence-corrected chi connectivity index (χ1v) is 6.99. The van der Waals surface area contributed by atoms with Gasteiger partial charge in [0.15, 0.2) is 6.29 Å². The van der Waals surface area contributed by atoms with Crippen LogP contribution in [-0.4, -0.2) is 36.4 Å². The van der Waals surface area contributed by atoms with Gasteiger partial charge in [-0.05, 0) is 25.1 Å². The van der Waals surface area contributed by atoms with Crippen molar-refractivity contribution < 1.29 is 14.3 Å². The molecule has 1 aromatic heterocycles. The minimum Gasteiger partial charge on any atom is -0.493 e. The highest BCUT2D eigenvalue weighted by Crippen LogP contribution is 2.28. The molecule has 22 heavy (non-hydrogen) atoms. The molecule has 1 aromatic carbocycles. The Hall–Kier alpha value is -2.47. The summed E-state index contributed by atoms with van der Waals surface area (Å²) in [6, 6.07) is 8.86. The summed E-state index contributed by atoms with van der Waals surface area (Å²) in [5, 5.41) is 4.32. The van der Waals surface area contributed by atoms with Crippen molar-refractivity contribution >= 4 is 6.29 Å². The molecule has 0 saturated heterocycles. The van der Waals surface area contributed by atoms with Gasteiger partial charge in [0.25, 0.3) is 5.56 Å². The monoisotopic (exact) mass is 302 g/mol. The number of carbonyl (C=O) groups excluding carboxylic acids is 1. The first-order chi connectivity index (χ1) is 10.7. The molecular formula is C16H18N2O4. The lowest BCUT2D eigenvalue weighted by Crippen LogP contribution is -2.28. The van der Waals surface area contributed by atoms with Gasteiger partial charge in [-0.25, -0.2) is 4.68 Å². The van der Waals surface area contributed by atoms with Gasteiger partial charge in [-0.1, -0.05) is 12.1 Å². The van der Waals surface area contributed by atoms with E-state index in [4.69, 9.17) is 9.47 Å². The molecule has 0 N–H and O–H groups in total. The SMILES string of the molecule is CCOc1ccccc1-c1cc(C=O)c(=O)n(CCOC)n1. The fourth-order valence-corrected chi connectivity index (χ4v) is 2.07. The number of rotatable bonds is 7. The number of benzene rings is 1. The summed E-state index contributed by atoms with van der Waals surface area (Å²) in [6.07, 6.45) is 0.542. The summed E-state index contributed by atoms with van der Waals surface area (Å²) < 4.78 is 11.8. The number of carbonyl (C=O) groups is 1. The quantitative estimate of drug-likeness (QED) is 0.729. The van der Waals surface area contributed by atoms with Crippen LogP contribution in [0.5, 0.6) is 5.75 Å². The van der Waals surface area contributed by atoms with Crippen molar-refractivity contribution in [3.63, 3.8) is 0 Å². The van der Waals surface area contributed by atoms with Crippen LogP contribution in [0.25, 0.3) is 11.3 Å². The topological polar surface area (TPSA) is 70.4 Å². The Morgan fingerprint density at radius 1 is 1.32 bits per heavy atom. The number of aromatic nitrogens is 2. The van der Waals surface area contributed by atoms with Crippen LogP contribution in [0.1, 0.15) is 17.3 Å². The van der Waals surface area contributed by atoms with Gasteiger partial charge in [0.05, 0.1) is 31.0 Å². The molecule has 0 atom stereocenters. The van der Waals surface area contributed by atoms with Crippen molar-refractivity contribution in [2.24, 2.45) is 0 Å². The van der Waals surface area contributed by atoms with Crippen molar-refractivity contribution in [1.82, 2.24) is 9.78 Å². The zero-order valence-corrected chi connectivity index (χ0v) is 12.6. The Bertz CT molecular complexity index is 710. The number of methoxy groups -OCH3 is 1. The second-order valence-corrected chi connectivity index (χ2v) is 4.55. The Kier molecular flexibility index (Phi) is 5.43. The summed E-state index contributed by atoms with van der Waals surface area (Å²) in [6.45, 7) is 3.02. The van der Waals surface area contributed by atoms with Crippen molar-refractivity contribution in [3.8, 4) is 17.0 Å². The third kappa shape index (κ3) is 3.40. The molecule has 1 heterocycles. The number of ether oxygens (including phenoxy) is 2. The minimum atomic E-state index is -0.426. The maximum atomic E-state index is 12.1. The second kappa shape index (κ2) is 7.51. The highest BCUT2D eigenvalue weighted by Gasteiger charge is 2.12. The average Bonchev–Trinajstić information content (AvgIpc) is 2.55. The Morgan fingerprint density at radius 3 is 2.77 bits per heavy atom. The van der Waals surface area contributed by atoms with Crippen LogP contribution in [0.15, 0.2) is 35.1 Å². The van der Waals surface area contributed by atoms with Crippen molar-refractivity contribution in [3.05, 3.63) is 46.2 Å². The lowest BCUT2D eigenvalue weighted by molar-refractivity contribution is 0.112. The van der Waals surface area contributed by atoms with Gasteiger partial charge in [0, 0.05) is 12.7 Å². The third-order valence-corrected chi connectivity index (χ3v) is 3.10. The van der Waals surface area contributed by atoms with E-state index in [1.54, 1.807) is 7.11 Å². The van der Waals surface area contributed by atoms with Crippen LogP contribution in [0, 0.1) is 0 Å². The van der Waals surface area contributed by atoms with Crippen molar-refractivity contribution in [2.45, 2.75) is 13.5 Å². The summed E-state index contributed by atoms with van der Waals surface area (Å²) >= 11 is 0. The number of aldehydes is 1. The summed E-state index contributed by atoms with van der Waals surface area (Å²) in [4.78, 5) is 23.2. The maximum Gasteiger partial charge on any atom is 0.277 e. The molecule has 2 aromatic rings. The highest BCUT2D eigenvalue weighted by molar-refractivity contribution is 5.78. The third-order valence-electron chi connectivity index (χ3n) is 3.10. The molecule has 0 aliphatic rings. The van der Waals surface area contributed by atoms with E-state index in [2.05, 4.69) is 5.10 Å². The lowest BCUT2D eigenvalue weighted by Gasteiger charge is -2.12. The molecule has 0 fully saturated rings. The van der Waals surface area contributed by atoms with E-state index in [-0.39, 0.29) is 12.1 Å². The lowest BCUT2D eigenvalue weighted by atomic mass is 10.1. The largest absolute Gasteiger partial charge is 0.493 e. The summed E-state index contributed by atoms with van der Waals surface area (Å²) in [5.74, 6) is 0.659. The van der Waals surface area contributed by atoms with E-state index in [9.17, 15) is 9.59 Å². The average molecular weight is 302 g/mol.